The number of aliphatic imine (C=N–C) groups is 1. The van der Waals surface area contributed by atoms with Crippen molar-refractivity contribution in [1.82, 2.24) is 10.2 Å². The van der Waals surface area contributed by atoms with Gasteiger partial charge in [-0.2, -0.15) is 0 Å². The molecule has 1 spiro atoms. The summed E-state index contributed by atoms with van der Waals surface area (Å²) in [5.41, 5.74) is 2.16. The van der Waals surface area contributed by atoms with E-state index in [9.17, 15) is 0 Å². The molecule has 3 fully saturated rings. The highest BCUT2D eigenvalue weighted by atomic mass is 16.5. The molecule has 2 heterocycles. The van der Waals surface area contributed by atoms with E-state index >= 15 is 0 Å². The lowest BCUT2D eigenvalue weighted by molar-refractivity contribution is 0.0512. The maximum Gasteiger partial charge on any atom is 0.193 e. The lowest BCUT2D eigenvalue weighted by Crippen LogP contribution is -2.49. The molecular formula is C22H33N3O. The number of nitrogens with one attached hydrogen (secondary N) is 1. The number of rotatable bonds is 3. The number of hydrogen-bond donors (Lipinski definition) is 1. The maximum absolute atomic E-state index is 5.67. The number of likely N-dealkylation sites (tertiary alicyclic amines) is 1. The van der Waals surface area contributed by atoms with Crippen LogP contribution in [-0.2, 0) is 10.2 Å². The van der Waals surface area contributed by atoms with Gasteiger partial charge in [-0.25, -0.2) is 0 Å². The van der Waals surface area contributed by atoms with E-state index < -0.39 is 0 Å². The van der Waals surface area contributed by atoms with Gasteiger partial charge in [0.25, 0.3) is 0 Å². The molecule has 0 unspecified atom stereocenters. The Hall–Kier alpha value is -1.55. The zero-order valence-corrected chi connectivity index (χ0v) is 16.2. The third kappa shape index (κ3) is 3.48. The smallest absolute Gasteiger partial charge is 0.193 e. The van der Waals surface area contributed by atoms with Crippen LogP contribution in [0.4, 0.5) is 0 Å². The van der Waals surface area contributed by atoms with E-state index in [2.05, 4.69) is 45.5 Å². The van der Waals surface area contributed by atoms with Crippen LogP contribution in [0, 0.1) is 5.41 Å². The van der Waals surface area contributed by atoms with Gasteiger partial charge in [-0.05, 0) is 43.1 Å². The Morgan fingerprint density at radius 3 is 2.50 bits per heavy atom. The van der Waals surface area contributed by atoms with E-state index in [0.29, 0.717) is 5.41 Å². The van der Waals surface area contributed by atoms with Gasteiger partial charge < -0.3 is 15.0 Å². The standard InChI is InChI=1S/C22H33N3O/c1-23-20(25-14-11-21(18-25)9-5-6-10-21)24-17-22(12-15-26-16-13-22)19-7-3-2-4-8-19/h2-4,7-8H,5-6,9-18H2,1H3,(H,23,24). The zero-order chi connectivity index (χ0) is 17.9. The molecule has 4 rings (SSSR count). The Morgan fingerprint density at radius 1 is 1.08 bits per heavy atom. The van der Waals surface area contributed by atoms with Crippen LogP contribution in [0.2, 0.25) is 0 Å². The minimum absolute atomic E-state index is 0.153. The minimum Gasteiger partial charge on any atom is -0.381 e. The van der Waals surface area contributed by atoms with E-state index in [4.69, 9.17) is 4.74 Å². The van der Waals surface area contributed by atoms with E-state index in [1.54, 1.807) is 0 Å². The Bertz CT molecular complexity index is 616. The molecular weight excluding hydrogens is 322 g/mol. The van der Waals surface area contributed by atoms with Crippen LogP contribution in [0.15, 0.2) is 35.3 Å². The average Bonchev–Trinajstić information content (AvgIpc) is 3.34. The van der Waals surface area contributed by atoms with Crippen molar-refractivity contribution in [2.45, 2.75) is 50.4 Å². The molecule has 0 aromatic heterocycles. The molecule has 2 saturated heterocycles. The van der Waals surface area contributed by atoms with Gasteiger partial charge in [0.1, 0.15) is 0 Å². The van der Waals surface area contributed by atoms with Gasteiger partial charge in [-0.1, -0.05) is 43.2 Å². The van der Waals surface area contributed by atoms with Gasteiger partial charge in [0, 0.05) is 45.3 Å². The molecule has 3 aliphatic rings. The largest absolute Gasteiger partial charge is 0.381 e. The summed E-state index contributed by atoms with van der Waals surface area (Å²) in [5.74, 6) is 1.09. The second-order valence-electron chi connectivity index (χ2n) is 8.54. The number of hydrogen-bond acceptors (Lipinski definition) is 2. The third-order valence-electron chi connectivity index (χ3n) is 7.03. The fourth-order valence-corrected chi connectivity index (χ4v) is 5.35. The SMILES string of the molecule is CN=C(NCC1(c2ccccc2)CCOCC1)N1CCC2(CCCC2)C1. The molecule has 1 aromatic rings. The van der Waals surface area contributed by atoms with Crippen molar-refractivity contribution in [3.63, 3.8) is 0 Å². The van der Waals surface area contributed by atoms with Crippen LogP contribution in [0.25, 0.3) is 0 Å². The molecule has 1 aromatic carbocycles. The second kappa shape index (κ2) is 7.59. The van der Waals surface area contributed by atoms with Crippen molar-refractivity contribution in [2.75, 3.05) is 39.9 Å². The predicted molar refractivity (Wildman–Crippen MR) is 107 cm³/mol. The fraction of sp³-hybridized carbons (Fsp3) is 0.682. The molecule has 2 aliphatic heterocycles. The average molecular weight is 356 g/mol. The number of nitrogens with zero attached hydrogens (tertiary/aromatic N) is 2. The minimum atomic E-state index is 0.153. The van der Waals surface area contributed by atoms with Crippen LogP contribution in [0.1, 0.15) is 50.5 Å². The van der Waals surface area contributed by atoms with Gasteiger partial charge in [0.15, 0.2) is 5.96 Å². The Morgan fingerprint density at radius 2 is 1.81 bits per heavy atom. The van der Waals surface area contributed by atoms with E-state index in [0.717, 1.165) is 45.1 Å². The first-order valence-corrected chi connectivity index (χ1v) is 10.3. The topological polar surface area (TPSA) is 36.9 Å². The van der Waals surface area contributed by atoms with Crippen LogP contribution in [0.5, 0.6) is 0 Å². The molecule has 1 N–H and O–H groups in total. The summed E-state index contributed by atoms with van der Waals surface area (Å²) in [6, 6.07) is 11.0. The summed E-state index contributed by atoms with van der Waals surface area (Å²) in [6.45, 7) is 4.98. The summed E-state index contributed by atoms with van der Waals surface area (Å²) in [7, 11) is 1.93. The maximum atomic E-state index is 5.67. The van der Waals surface area contributed by atoms with Gasteiger partial charge in [-0.15, -0.1) is 0 Å². The van der Waals surface area contributed by atoms with Gasteiger partial charge in [0.05, 0.1) is 0 Å². The van der Waals surface area contributed by atoms with Gasteiger partial charge in [-0.3, -0.25) is 4.99 Å². The lowest BCUT2D eigenvalue weighted by atomic mass is 9.74. The van der Waals surface area contributed by atoms with Crippen LogP contribution < -0.4 is 5.32 Å². The van der Waals surface area contributed by atoms with E-state index in [1.807, 2.05) is 7.05 Å². The molecule has 4 heteroatoms. The Labute approximate surface area is 158 Å². The number of ether oxygens (including phenoxy) is 1. The fourth-order valence-electron chi connectivity index (χ4n) is 5.35. The van der Waals surface area contributed by atoms with Crippen LogP contribution in [-0.4, -0.2) is 50.8 Å². The van der Waals surface area contributed by atoms with Crippen LogP contribution >= 0.6 is 0 Å². The molecule has 0 bridgehead atoms. The summed E-state index contributed by atoms with van der Waals surface area (Å²) in [6.07, 6.45) is 9.13. The predicted octanol–water partition coefficient (Wildman–Crippen LogP) is 3.58. The van der Waals surface area contributed by atoms with E-state index in [-0.39, 0.29) is 5.41 Å². The first-order chi connectivity index (χ1) is 12.8. The van der Waals surface area contributed by atoms with Crippen molar-refractivity contribution in [3.8, 4) is 0 Å². The Balaban J connectivity index is 1.45. The third-order valence-corrected chi connectivity index (χ3v) is 7.03. The lowest BCUT2D eigenvalue weighted by Gasteiger charge is -2.39. The van der Waals surface area contributed by atoms with Crippen molar-refractivity contribution < 1.29 is 4.74 Å². The summed E-state index contributed by atoms with van der Waals surface area (Å²) in [4.78, 5) is 7.14. The van der Waals surface area contributed by atoms with Crippen molar-refractivity contribution in [3.05, 3.63) is 35.9 Å². The molecule has 0 radical (unpaired) electrons. The monoisotopic (exact) mass is 355 g/mol. The molecule has 1 aliphatic carbocycles. The highest BCUT2D eigenvalue weighted by Gasteiger charge is 2.41. The summed E-state index contributed by atoms with van der Waals surface area (Å²) >= 11 is 0. The van der Waals surface area contributed by atoms with Crippen molar-refractivity contribution in [1.29, 1.82) is 0 Å². The summed E-state index contributed by atoms with van der Waals surface area (Å²) in [5, 5.41) is 3.75. The van der Waals surface area contributed by atoms with Crippen molar-refractivity contribution in [2.24, 2.45) is 10.4 Å². The summed E-state index contributed by atoms with van der Waals surface area (Å²) < 4.78 is 5.67. The molecule has 0 amide bonds. The van der Waals surface area contributed by atoms with Crippen molar-refractivity contribution >= 4 is 5.96 Å². The molecule has 1 saturated carbocycles. The number of benzene rings is 1. The first kappa shape index (κ1) is 17.8. The highest BCUT2D eigenvalue weighted by Crippen LogP contribution is 2.45. The zero-order valence-electron chi connectivity index (χ0n) is 16.2. The Kier molecular flexibility index (Phi) is 5.21. The highest BCUT2D eigenvalue weighted by molar-refractivity contribution is 5.80. The normalized spacial score (nSPS) is 25.0. The molecule has 142 valence electrons. The quantitative estimate of drug-likeness (QED) is 0.665. The molecule has 4 nitrogen and oxygen atoms in total. The van der Waals surface area contributed by atoms with Gasteiger partial charge >= 0.3 is 0 Å². The molecule has 0 atom stereocenters. The molecule has 26 heavy (non-hydrogen) atoms. The second-order valence-corrected chi connectivity index (χ2v) is 8.54. The first-order valence-electron chi connectivity index (χ1n) is 10.3. The van der Waals surface area contributed by atoms with Gasteiger partial charge in [0.2, 0.25) is 0 Å². The van der Waals surface area contributed by atoms with E-state index in [1.165, 1.54) is 44.2 Å². The van der Waals surface area contributed by atoms with Crippen LogP contribution in [0.3, 0.4) is 0 Å². The number of guanidine groups is 1.